The molecule has 0 bridgehead atoms. The molecule has 1 unspecified atom stereocenters. The van der Waals surface area contributed by atoms with Crippen molar-refractivity contribution in [3.8, 4) is 0 Å². The number of piperidine rings is 1. The lowest BCUT2D eigenvalue weighted by atomic mass is 9.94. The van der Waals surface area contributed by atoms with Crippen LogP contribution < -0.4 is 0 Å². The summed E-state index contributed by atoms with van der Waals surface area (Å²) in [5.41, 5.74) is 0. The number of rotatable bonds is 6. The van der Waals surface area contributed by atoms with Crippen LogP contribution in [0.25, 0.3) is 0 Å². The molecule has 0 saturated carbocycles. The first-order valence-corrected chi connectivity index (χ1v) is 7.65. The fraction of sp³-hybridized carbons (Fsp3) is 0.571. The van der Waals surface area contributed by atoms with Crippen molar-refractivity contribution in [2.75, 3.05) is 13.1 Å². The Labute approximate surface area is 121 Å². The van der Waals surface area contributed by atoms with Crippen molar-refractivity contribution < 1.29 is 19.8 Å². The van der Waals surface area contributed by atoms with Gasteiger partial charge in [0.1, 0.15) is 0 Å². The summed E-state index contributed by atoms with van der Waals surface area (Å²) < 4.78 is 0. The first-order valence-electron chi connectivity index (χ1n) is 6.77. The number of carboxylic acid groups (broad SMARTS) is 2. The normalized spacial score (nSPS) is 18.8. The number of hydrogen-bond acceptors (Lipinski definition) is 4. The van der Waals surface area contributed by atoms with Gasteiger partial charge >= 0.3 is 11.9 Å². The third-order valence-corrected chi connectivity index (χ3v) is 4.72. The summed E-state index contributed by atoms with van der Waals surface area (Å²) in [4.78, 5) is 25.3. The van der Waals surface area contributed by atoms with Crippen molar-refractivity contribution in [3.05, 3.63) is 22.4 Å². The number of likely N-dealkylation sites (tertiary alicyclic amines) is 1. The maximum absolute atomic E-state index is 11.0. The van der Waals surface area contributed by atoms with E-state index in [1.165, 1.54) is 4.88 Å². The van der Waals surface area contributed by atoms with Gasteiger partial charge in [0.25, 0.3) is 0 Å². The standard InChI is InChI=1S/C14H19NO4S/c16-13(17)9-11(8-12-2-1-7-20-12)15-5-3-10(4-6-15)14(18)19/h1-2,7,10-11H,3-6,8-9H2,(H,16,17)(H,18,19). The number of carbonyl (C=O) groups is 2. The number of nitrogens with zero attached hydrogens (tertiary/aromatic N) is 1. The first-order chi connectivity index (χ1) is 9.56. The molecule has 2 N–H and O–H groups in total. The molecule has 1 aliphatic rings. The molecular formula is C14H19NO4S. The maximum atomic E-state index is 11.0. The lowest BCUT2D eigenvalue weighted by Gasteiger charge is -2.35. The average molecular weight is 297 g/mol. The zero-order chi connectivity index (χ0) is 14.5. The van der Waals surface area contributed by atoms with Gasteiger partial charge in [0.05, 0.1) is 12.3 Å². The molecule has 0 aromatic carbocycles. The molecule has 1 saturated heterocycles. The molecule has 1 fully saturated rings. The number of thiophene rings is 1. The quantitative estimate of drug-likeness (QED) is 0.839. The van der Waals surface area contributed by atoms with Gasteiger partial charge in [-0.1, -0.05) is 6.07 Å². The van der Waals surface area contributed by atoms with Crippen molar-refractivity contribution in [1.82, 2.24) is 4.90 Å². The molecule has 1 aliphatic heterocycles. The summed E-state index contributed by atoms with van der Waals surface area (Å²) in [6.07, 6.45) is 2.04. The van der Waals surface area contributed by atoms with Crippen LogP contribution in [0, 0.1) is 5.92 Å². The van der Waals surface area contributed by atoms with Gasteiger partial charge in [0.2, 0.25) is 0 Å². The summed E-state index contributed by atoms with van der Waals surface area (Å²) >= 11 is 1.63. The van der Waals surface area contributed by atoms with Crippen LogP contribution in [-0.2, 0) is 16.0 Å². The van der Waals surface area contributed by atoms with E-state index < -0.39 is 11.9 Å². The van der Waals surface area contributed by atoms with E-state index >= 15 is 0 Å². The number of carboxylic acids is 2. The minimum Gasteiger partial charge on any atom is -0.481 e. The highest BCUT2D eigenvalue weighted by molar-refractivity contribution is 7.09. The molecule has 6 heteroatoms. The zero-order valence-electron chi connectivity index (χ0n) is 11.2. The van der Waals surface area contributed by atoms with Gasteiger partial charge in [-0.2, -0.15) is 0 Å². The van der Waals surface area contributed by atoms with Gasteiger partial charge in [-0.25, -0.2) is 0 Å². The SMILES string of the molecule is O=C(O)CC(Cc1cccs1)N1CCC(C(=O)O)CC1. The minimum atomic E-state index is -0.799. The highest BCUT2D eigenvalue weighted by Gasteiger charge is 2.29. The zero-order valence-corrected chi connectivity index (χ0v) is 12.0. The fourth-order valence-electron chi connectivity index (χ4n) is 2.70. The van der Waals surface area contributed by atoms with E-state index in [2.05, 4.69) is 4.90 Å². The minimum absolute atomic E-state index is 0.0408. The Morgan fingerprint density at radius 2 is 2.05 bits per heavy atom. The molecule has 0 spiro atoms. The Hall–Kier alpha value is -1.40. The van der Waals surface area contributed by atoms with Crippen LogP contribution in [0.4, 0.5) is 0 Å². The van der Waals surface area contributed by atoms with Gasteiger partial charge in [-0.05, 0) is 43.8 Å². The molecule has 5 nitrogen and oxygen atoms in total. The van der Waals surface area contributed by atoms with E-state index in [0.29, 0.717) is 25.9 Å². The summed E-state index contributed by atoms with van der Waals surface area (Å²) in [6, 6.07) is 3.94. The molecule has 2 heterocycles. The largest absolute Gasteiger partial charge is 0.481 e. The summed E-state index contributed by atoms with van der Waals surface area (Å²) in [7, 11) is 0. The third kappa shape index (κ3) is 4.05. The van der Waals surface area contributed by atoms with Crippen LogP contribution in [-0.4, -0.2) is 46.2 Å². The van der Waals surface area contributed by atoms with Crippen LogP contribution in [0.2, 0.25) is 0 Å². The molecule has 20 heavy (non-hydrogen) atoms. The second-order valence-corrected chi connectivity index (χ2v) is 6.22. The molecule has 1 atom stereocenters. The molecule has 0 amide bonds. The van der Waals surface area contributed by atoms with Gasteiger partial charge in [0.15, 0.2) is 0 Å². The maximum Gasteiger partial charge on any atom is 0.306 e. The second-order valence-electron chi connectivity index (χ2n) is 5.18. The van der Waals surface area contributed by atoms with Crippen molar-refractivity contribution in [2.24, 2.45) is 5.92 Å². The molecule has 110 valence electrons. The van der Waals surface area contributed by atoms with E-state index in [-0.39, 0.29) is 18.4 Å². The molecule has 1 aromatic heterocycles. The first kappa shape index (κ1) is 15.0. The number of hydrogen-bond donors (Lipinski definition) is 2. The predicted octanol–water partition coefficient (Wildman–Crippen LogP) is 1.93. The van der Waals surface area contributed by atoms with E-state index in [1.807, 2.05) is 17.5 Å². The van der Waals surface area contributed by atoms with Crippen LogP contribution in [0.1, 0.15) is 24.1 Å². The molecular weight excluding hydrogens is 278 g/mol. The molecule has 0 aliphatic carbocycles. The van der Waals surface area contributed by atoms with Crippen LogP contribution in [0.15, 0.2) is 17.5 Å². The summed E-state index contributed by atoms with van der Waals surface area (Å²) in [6.45, 7) is 1.33. The number of aliphatic carboxylic acids is 2. The Balaban J connectivity index is 1.97. The van der Waals surface area contributed by atoms with Gasteiger partial charge < -0.3 is 10.2 Å². The van der Waals surface area contributed by atoms with Crippen molar-refractivity contribution in [2.45, 2.75) is 31.7 Å². The van der Waals surface area contributed by atoms with E-state index in [4.69, 9.17) is 10.2 Å². The van der Waals surface area contributed by atoms with Crippen LogP contribution in [0.3, 0.4) is 0 Å². The van der Waals surface area contributed by atoms with E-state index in [9.17, 15) is 9.59 Å². The Kier molecular flexibility index (Phi) is 5.14. The highest BCUT2D eigenvalue weighted by Crippen LogP contribution is 2.23. The van der Waals surface area contributed by atoms with Gasteiger partial charge in [-0.15, -0.1) is 11.3 Å². The smallest absolute Gasteiger partial charge is 0.306 e. The Bertz CT molecular complexity index is 452. The van der Waals surface area contributed by atoms with E-state index in [1.54, 1.807) is 11.3 Å². The molecule has 1 aromatic rings. The van der Waals surface area contributed by atoms with Crippen molar-refractivity contribution in [3.63, 3.8) is 0 Å². The second kappa shape index (κ2) is 6.85. The van der Waals surface area contributed by atoms with E-state index in [0.717, 1.165) is 6.42 Å². The Morgan fingerprint density at radius 1 is 1.35 bits per heavy atom. The topological polar surface area (TPSA) is 77.8 Å². The van der Waals surface area contributed by atoms with Crippen molar-refractivity contribution in [1.29, 1.82) is 0 Å². The van der Waals surface area contributed by atoms with Gasteiger partial charge in [0, 0.05) is 10.9 Å². The lowest BCUT2D eigenvalue weighted by Crippen LogP contribution is -2.44. The fourth-order valence-corrected chi connectivity index (χ4v) is 3.48. The predicted molar refractivity (Wildman–Crippen MR) is 76.0 cm³/mol. The third-order valence-electron chi connectivity index (χ3n) is 3.82. The Morgan fingerprint density at radius 3 is 2.55 bits per heavy atom. The van der Waals surface area contributed by atoms with Crippen LogP contribution in [0.5, 0.6) is 0 Å². The lowest BCUT2D eigenvalue weighted by molar-refractivity contribution is -0.144. The molecule has 2 rings (SSSR count). The average Bonchev–Trinajstić information content (AvgIpc) is 2.90. The monoisotopic (exact) mass is 297 g/mol. The van der Waals surface area contributed by atoms with Gasteiger partial charge in [-0.3, -0.25) is 14.5 Å². The van der Waals surface area contributed by atoms with Crippen LogP contribution >= 0.6 is 11.3 Å². The highest BCUT2D eigenvalue weighted by atomic mass is 32.1. The summed E-state index contributed by atoms with van der Waals surface area (Å²) in [5.74, 6) is -1.82. The summed E-state index contributed by atoms with van der Waals surface area (Å²) in [5, 5.41) is 20.1. The van der Waals surface area contributed by atoms with Crippen molar-refractivity contribution >= 4 is 23.3 Å². The molecule has 0 radical (unpaired) electrons.